The molecule has 6 nitrogen and oxygen atoms in total. The highest BCUT2D eigenvalue weighted by atomic mass is 16.4. The highest BCUT2D eigenvalue weighted by Crippen LogP contribution is 2.19. The van der Waals surface area contributed by atoms with Gasteiger partial charge in [-0.15, -0.1) is 0 Å². The number of carbonyl (C=O) groups excluding carboxylic acids is 1. The van der Waals surface area contributed by atoms with Crippen molar-refractivity contribution < 1.29 is 14.7 Å². The monoisotopic (exact) mass is 279 g/mol. The van der Waals surface area contributed by atoms with Gasteiger partial charge in [-0.05, 0) is 24.0 Å². The van der Waals surface area contributed by atoms with Gasteiger partial charge >= 0.3 is 12.0 Å². The number of carboxylic acid groups (broad SMARTS) is 1. The predicted octanol–water partition coefficient (Wildman–Crippen LogP) is 1.94. The first-order chi connectivity index (χ1) is 9.21. The van der Waals surface area contributed by atoms with E-state index in [1.54, 1.807) is 39.2 Å². The molecule has 0 fully saturated rings. The van der Waals surface area contributed by atoms with Crippen LogP contribution in [0.5, 0.6) is 0 Å². The Labute approximate surface area is 118 Å². The van der Waals surface area contributed by atoms with Crippen molar-refractivity contribution in [3.05, 3.63) is 30.1 Å². The summed E-state index contributed by atoms with van der Waals surface area (Å²) in [7, 11) is 0. The smallest absolute Gasteiger partial charge is 0.326 e. The zero-order valence-corrected chi connectivity index (χ0v) is 12.2. The summed E-state index contributed by atoms with van der Waals surface area (Å²) in [5, 5.41) is 14.3. The number of hydrogen-bond donors (Lipinski definition) is 3. The molecule has 0 saturated carbocycles. The minimum absolute atomic E-state index is 0.252. The third-order valence-corrected chi connectivity index (χ3v) is 2.92. The first kappa shape index (κ1) is 15.9. The fourth-order valence-electron chi connectivity index (χ4n) is 1.73. The second-order valence-corrected chi connectivity index (χ2v) is 5.76. The molecule has 0 saturated heterocycles. The van der Waals surface area contributed by atoms with E-state index < -0.39 is 23.5 Å². The van der Waals surface area contributed by atoms with Crippen LogP contribution in [0.15, 0.2) is 24.5 Å². The Balaban J connectivity index is 2.65. The topological polar surface area (TPSA) is 91.3 Å². The number of aromatic nitrogens is 1. The van der Waals surface area contributed by atoms with Crippen LogP contribution in [0.4, 0.5) is 4.79 Å². The van der Waals surface area contributed by atoms with Crippen LogP contribution in [0.2, 0.25) is 0 Å². The molecule has 0 aliphatic carbocycles. The van der Waals surface area contributed by atoms with E-state index in [9.17, 15) is 9.59 Å². The maximum atomic E-state index is 11.9. The van der Waals surface area contributed by atoms with Crippen molar-refractivity contribution in [1.29, 1.82) is 0 Å². The van der Waals surface area contributed by atoms with E-state index in [4.69, 9.17) is 5.11 Å². The van der Waals surface area contributed by atoms with Crippen molar-refractivity contribution in [1.82, 2.24) is 15.6 Å². The Kier molecular flexibility index (Phi) is 5.07. The van der Waals surface area contributed by atoms with E-state index in [2.05, 4.69) is 15.6 Å². The van der Waals surface area contributed by atoms with Crippen LogP contribution >= 0.6 is 0 Å². The fraction of sp³-hybridized carbons (Fsp3) is 0.500. The first-order valence-electron chi connectivity index (χ1n) is 6.41. The van der Waals surface area contributed by atoms with E-state index in [-0.39, 0.29) is 6.04 Å². The van der Waals surface area contributed by atoms with Gasteiger partial charge in [0.05, 0.1) is 6.04 Å². The maximum Gasteiger partial charge on any atom is 0.326 e. The Hall–Kier alpha value is -2.11. The van der Waals surface area contributed by atoms with Crippen LogP contribution in [0.1, 0.15) is 39.3 Å². The van der Waals surface area contributed by atoms with Crippen LogP contribution in [0.25, 0.3) is 0 Å². The minimum atomic E-state index is -1.05. The summed E-state index contributed by atoms with van der Waals surface area (Å²) in [6.07, 6.45) is 3.31. The number of pyridine rings is 1. The number of carbonyl (C=O) groups is 2. The lowest BCUT2D eigenvalue weighted by molar-refractivity contribution is -0.141. The van der Waals surface area contributed by atoms with E-state index in [0.29, 0.717) is 0 Å². The minimum Gasteiger partial charge on any atom is -0.480 e. The summed E-state index contributed by atoms with van der Waals surface area (Å²) in [5.74, 6) is -1.05. The highest BCUT2D eigenvalue weighted by Gasteiger charge is 2.32. The quantitative estimate of drug-likeness (QED) is 0.785. The average molecular weight is 279 g/mol. The molecule has 1 rings (SSSR count). The van der Waals surface area contributed by atoms with Gasteiger partial charge in [0.2, 0.25) is 0 Å². The number of amides is 2. The molecule has 0 aliphatic heterocycles. The largest absolute Gasteiger partial charge is 0.480 e. The molecule has 2 unspecified atom stereocenters. The molecule has 0 radical (unpaired) electrons. The summed E-state index contributed by atoms with van der Waals surface area (Å²) in [4.78, 5) is 27.0. The molecule has 1 aromatic rings. The van der Waals surface area contributed by atoms with Gasteiger partial charge in [0, 0.05) is 12.4 Å². The van der Waals surface area contributed by atoms with Crippen molar-refractivity contribution in [2.24, 2.45) is 5.41 Å². The van der Waals surface area contributed by atoms with Gasteiger partial charge in [0.1, 0.15) is 6.04 Å². The first-order valence-corrected chi connectivity index (χ1v) is 6.41. The Morgan fingerprint density at radius 3 is 2.40 bits per heavy atom. The number of urea groups is 1. The summed E-state index contributed by atoms with van der Waals surface area (Å²) in [6, 6.07) is 1.90. The van der Waals surface area contributed by atoms with Gasteiger partial charge in [-0.25, -0.2) is 9.59 Å². The van der Waals surface area contributed by atoms with E-state index in [1.165, 1.54) is 0 Å². The molecule has 0 aromatic carbocycles. The number of aliphatic carboxylic acids is 1. The summed E-state index contributed by atoms with van der Waals surface area (Å²) >= 11 is 0. The van der Waals surface area contributed by atoms with Gasteiger partial charge in [-0.1, -0.05) is 26.8 Å². The zero-order valence-electron chi connectivity index (χ0n) is 12.2. The van der Waals surface area contributed by atoms with E-state index in [1.807, 2.05) is 13.0 Å². The molecule has 1 heterocycles. The van der Waals surface area contributed by atoms with Crippen LogP contribution in [-0.2, 0) is 4.79 Å². The molecule has 2 amide bonds. The Morgan fingerprint density at radius 2 is 1.95 bits per heavy atom. The van der Waals surface area contributed by atoms with Crippen molar-refractivity contribution in [3.63, 3.8) is 0 Å². The molecule has 3 N–H and O–H groups in total. The molecule has 0 bridgehead atoms. The normalized spacial score (nSPS) is 14.2. The molecular weight excluding hydrogens is 258 g/mol. The van der Waals surface area contributed by atoms with Crippen molar-refractivity contribution in [2.75, 3.05) is 0 Å². The number of hydrogen-bond acceptors (Lipinski definition) is 3. The second kappa shape index (κ2) is 6.36. The van der Waals surface area contributed by atoms with Crippen molar-refractivity contribution in [2.45, 2.75) is 39.8 Å². The van der Waals surface area contributed by atoms with Gasteiger partial charge in [-0.2, -0.15) is 0 Å². The average Bonchev–Trinajstić information content (AvgIpc) is 2.35. The van der Waals surface area contributed by atoms with Crippen LogP contribution in [0, 0.1) is 5.41 Å². The molecule has 6 heteroatoms. The molecule has 110 valence electrons. The SMILES string of the molecule is CC(NC(=O)NC(C(=O)O)C(C)(C)C)c1cccnc1. The molecule has 2 atom stereocenters. The summed E-state index contributed by atoms with van der Waals surface area (Å²) in [5.41, 5.74) is 0.283. The van der Waals surface area contributed by atoms with Crippen LogP contribution in [0.3, 0.4) is 0 Å². The molecule has 1 aromatic heterocycles. The van der Waals surface area contributed by atoms with E-state index in [0.717, 1.165) is 5.56 Å². The Bertz CT molecular complexity index is 468. The Morgan fingerprint density at radius 1 is 1.30 bits per heavy atom. The number of rotatable bonds is 4. The van der Waals surface area contributed by atoms with Crippen molar-refractivity contribution >= 4 is 12.0 Å². The van der Waals surface area contributed by atoms with E-state index >= 15 is 0 Å². The third-order valence-electron chi connectivity index (χ3n) is 2.92. The van der Waals surface area contributed by atoms with Crippen molar-refractivity contribution in [3.8, 4) is 0 Å². The van der Waals surface area contributed by atoms with Crippen LogP contribution < -0.4 is 10.6 Å². The third kappa shape index (κ3) is 4.53. The molecular formula is C14H21N3O3. The lowest BCUT2D eigenvalue weighted by Crippen LogP contribution is -2.52. The molecule has 0 spiro atoms. The highest BCUT2D eigenvalue weighted by molar-refractivity contribution is 5.83. The van der Waals surface area contributed by atoms with Gasteiger partial charge in [0.25, 0.3) is 0 Å². The summed E-state index contributed by atoms with van der Waals surface area (Å²) in [6.45, 7) is 7.09. The standard InChI is InChI=1S/C14H21N3O3/c1-9(10-6-5-7-15-8-10)16-13(20)17-11(12(18)19)14(2,3)4/h5-9,11H,1-4H3,(H,18,19)(H2,16,17,20). The number of carboxylic acids is 1. The lowest BCUT2D eigenvalue weighted by atomic mass is 9.87. The zero-order chi connectivity index (χ0) is 15.3. The lowest BCUT2D eigenvalue weighted by Gasteiger charge is -2.28. The molecule has 20 heavy (non-hydrogen) atoms. The van der Waals surface area contributed by atoms with Gasteiger partial charge in [-0.3, -0.25) is 4.98 Å². The number of nitrogens with zero attached hydrogens (tertiary/aromatic N) is 1. The molecule has 0 aliphatic rings. The predicted molar refractivity (Wildman–Crippen MR) is 75.2 cm³/mol. The fourth-order valence-corrected chi connectivity index (χ4v) is 1.73. The second-order valence-electron chi connectivity index (χ2n) is 5.76. The number of nitrogens with one attached hydrogen (secondary N) is 2. The van der Waals surface area contributed by atoms with Gasteiger partial charge < -0.3 is 15.7 Å². The van der Waals surface area contributed by atoms with Crippen LogP contribution in [-0.4, -0.2) is 28.1 Å². The summed E-state index contributed by atoms with van der Waals surface area (Å²) < 4.78 is 0. The van der Waals surface area contributed by atoms with Gasteiger partial charge in [0.15, 0.2) is 0 Å². The maximum absolute atomic E-state index is 11.9.